The van der Waals surface area contributed by atoms with Gasteiger partial charge in [-0.1, -0.05) is 41.4 Å². The van der Waals surface area contributed by atoms with E-state index in [0.717, 1.165) is 66.6 Å². The van der Waals surface area contributed by atoms with Crippen molar-refractivity contribution in [3.05, 3.63) is 99.2 Å². The van der Waals surface area contributed by atoms with Gasteiger partial charge in [-0.25, -0.2) is 13.6 Å². The third-order valence-corrected chi connectivity index (χ3v) is 9.89. The Kier molecular flexibility index (Phi) is 14.1. The zero-order chi connectivity index (χ0) is 38.8. The Balaban J connectivity index is 1.39. The maximum absolute atomic E-state index is 14.2. The van der Waals surface area contributed by atoms with Gasteiger partial charge >= 0.3 is 6.03 Å². The molecule has 54 heavy (non-hydrogen) atoms. The molecule has 0 radical (unpaired) electrons. The Morgan fingerprint density at radius 3 is 2.33 bits per heavy atom. The lowest BCUT2D eigenvalue weighted by Crippen LogP contribution is -2.55. The number of fused-ring (bicyclic) bond motifs is 1. The molecule has 0 saturated carbocycles. The molecular formula is C38H45Cl2F2N9O3. The maximum atomic E-state index is 14.2. The van der Waals surface area contributed by atoms with Crippen molar-refractivity contribution in [3.63, 3.8) is 0 Å². The highest BCUT2D eigenvalue weighted by Crippen LogP contribution is 2.31. The van der Waals surface area contributed by atoms with E-state index in [9.17, 15) is 23.2 Å². The molecule has 4 aromatic rings. The second kappa shape index (κ2) is 18.9. The van der Waals surface area contributed by atoms with Crippen LogP contribution in [0.3, 0.4) is 0 Å². The predicted octanol–water partition coefficient (Wildman–Crippen LogP) is 5.28. The molecule has 1 fully saturated rings. The second-order valence-corrected chi connectivity index (χ2v) is 14.0. The highest BCUT2D eigenvalue weighted by atomic mass is 35.5. The number of aromatic nitrogens is 1. The molecule has 5 rings (SSSR count). The van der Waals surface area contributed by atoms with Crippen LogP contribution in [0.5, 0.6) is 0 Å². The van der Waals surface area contributed by atoms with Crippen LogP contribution in [0.2, 0.25) is 10.0 Å². The van der Waals surface area contributed by atoms with Crippen molar-refractivity contribution in [3.8, 4) is 0 Å². The number of hydrogen-bond acceptors (Lipinski definition) is 5. The van der Waals surface area contributed by atoms with Crippen molar-refractivity contribution in [1.29, 1.82) is 0 Å². The van der Waals surface area contributed by atoms with Gasteiger partial charge in [0.15, 0.2) is 17.6 Å². The van der Waals surface area contributed by atoms with Crippen molar-refractivity contribution in [2.45, 2.75) is 64.2 Å². The SMILES string of the molecule is CCNC(=O)[C@H](CCCN=C(N)N)NC(=O)[C@H](Cc1ccc(F)c(F)c1)NC(=O)Nc1ccc2c(CN3CCCC3)cn(Cc3c(Cl)cccc3Cl)c2c1. The van der Waals surface area contributed by atoms with Gasteiger partial charge in [0, 0.05) is 58.9 Å². The zero-order valence-corrected chi connectivity index (χ0v) is 31.5. The number of halogens is 4. The molecule has 0 bridgehead atoms. The molecule has 288 valence electrons. The molecule has 16 heteroatoms. The van der Waals surface area contributed by atoms with Gasteiger partial charge in [0.25, 0.3) is 0 Å². The van der Waals surface area contributed by atoms with Crippen LogP contribution >= 0.6 is 23.2 Å². The van der Waals surface area contributed by atoms with E-state index in [2.05, 4.69) is 37.4 Å². The van der Waals surface area contributed by atoms with Gasteiger partial charge in [0.1, 0.15) is 12.1 Å². The molecule has 0 aliphatic carbocycles. The first-order valence-electron chi connectivity index (χ1n) is 17.8. The molecule has 12 nitrogen and oxygen atoms in total. The lowest BCUT2D eigenvalue weighted by atomic mass is 10.0. The first kappa shape index (κ1) is 40.3. The number of nitrogens with two attached hydrogens (primary N) is 2. The Labute approximate surface area is 322 Å². The second-order valence-electron chi connectivity index (χ2n) is 13.2. The molecule has 1 aliphatic heterocycles. The summed E-state index contributed by atoms with van der Waals surface area (Å²) >= 11 is 13.1. The summed E-state index contributed by atoms with van der Waals surface area (Å²) < 4.78 is 30.0. The third-order valence-electron chi connectivity index (χ3n) is 9.18. The summed E-state index contributed by atoms with van der Waals surface area (Å²) in [5, 5.41) is 12.9. The Bertz CT molecular complexity index is 1980. The highest BCUT2D eigenvalue weighted by Gasteiger charge is 2.27. The minimum atomic E-state index is -1.29. The molecule has 8 N–H and O–H groups in total. The van der Waals surface area contributed by atoms with E-state index in [-0.39, 0.29) is 30.9 Å². The van der Waals surface area contributed by atoms with E-state index >= 15 is 0 Å². The number of amides is 4. The average molecular weight is 785 g/mol. The maximum Gasteiger partial charge on any atom is 0.319 e. The van der Waals surface area contributed by atoms with Crippen molar-refractivity contribution in [1.82, 2.24) is 25.4 Å². The Morgan fingerprint density at radius 2 is 1.65 bits per heavy atom. The fourth-order valence-electron chi connectivity index (χ4n) is 6.52. The van der Waals surface area contributed by atoms with Gasteiger partial charge in [-0.3, -0.25) is 19.5 Å². The molecule has 4 amide bonds. The van der Waals surface area contributed by atoms with Crippen LogP contribution in [0.25, 0.3) is 10.9 Å². The Morgan fingerprint density at radius 1 is 0.907 bits per heavy atom. The lowest BCUT2D eigenvalue weighted by Gasteiger charge is -2.23. The van der Waals surface area contributed by atoms with E-state index in [1.54, 1.807) is 31.2 Å². The number of guanidine groups is 1. The first-order valence-corrected chi connectivity index (χ1v) is 18.6. The van der Waals surface area contributed by atoms with Crippen molar-refractivity contribution in [2.75, 3.05) is 31.5 Å². The van der Waals surface area contributed by atoms with Crippen LogP contribution in [0, 0.1) is 11.6 Å². The largest absolute Gasteiger partial charge is 0.370 e. The van der Waals surface area contributed by atoms with E-state index in [4.69, 9.17) is 34.7 Å². The van der Waals surface area contributed by atoms with E-state index < -0.39 is 41.6 Å². The van der Waals surface area contributed by atoms with Crippen molar-refractivity contribution >= 4 is 63.6 Å². The van der Waals surface area contributed by atoms with Gasteiger partial charge in [0.2, 0.25) is 11.8 Å². The number of nitrogens with zero attached hydrogens (tertiary/aromatic N) is 3. The van der Waals surface area contributed by atoms with Crippen LogP contribution in [-0.4, -0.2) is 71.5 Å². The van der Waals surface area contributed by atoms with E-state index in [1.807, 2.05) is 16.7 Å². The summed E-state index contributed by atoms with van der Waals surface area (Å²) in [7, 11) is 0. The fourth-order valence-corrected chi connectivity index (χ4v) is 7.03. The first-order chi connectivity index (χ1) is 25.9. The predicted molar refractivity (Wildman–Crippen MR) is 209 cm³/mol. The molecule has 1 aliphatic rings. The molecule has 1 saturated heterocycles. The van der Waals surface area contributed by atoms with Crippen LogP contribution in [0.1, 0.15) is 49.3 Å². The number of rotatable bonds is 16. The van der Waals surface area contributed by atoms with Crippen molar-refractivity contribution in [2.24, 2.45) is 16.5 Å². The third kappa shape index (κ3) is 10.8. The normalized spacial score (nSPS) is 14.0. The summed E-state index contributed by atoms with van der Waals surface area (Å²) in [5.41, 5.74) is 14.2. The summed E-state index contributed by atoms with van der Waals surface area (Å²) in [6, 6.07) is 11.1. The number of aliphatic imine (C=N–C) groups is 1. The van der Waals surface area contributed by atoms with E-state index in [1.165, 1.54) is 6.07 Å². The number of benzene rings is 3. The summed E-state index contributed by atoms with van der Waals surface area (Å²) in [6.45, 7) is 5.47. The highest BCUT2D eigenvalue weighted by molar-refractivity contribution is 6.36. The van der Waals surface area contributed by atoms with E-state index in [0.29, 0.717) is 35.2 Å². The Hall–Kier alpha value is -4.92. The number of likely N-dealkylation sites (N-methyl/N-ethyl adjacent to an activating group) is 1. The van der Waals surface area contributed by atoms with Crippen LogP contribution in [0.4, 0.5) is 19.3 Å². The topological polar surface area (TPSA) is 172 Å². The molecule has 0 unspecified atom stereocenters. The summed E-state index contributed by atoms with van der Waals surface area (Å²) in [6.07, 6.45) is 4.74. The smallest absolute Gasteiger partial charge is 0.319 e. The number of likely N-dealkylation sites (tertiary alicyclic amines) is 1. The van der Waals surface area contributed by atoms with Gasteiger partial charge in [0.05, 0.1) is 12.1 Å². The van der Waals surface area contributed by atoms with Crippen molar-refractivity contribution < 1.29 is 23.2 Å². The standard InChI is InChI=1S/C38H45Cl2F2N9O3/c1-2-45-35(52)32(9-6-14-46-37(43)44)48-36(53)33(18-23-10-13-30(41)31(42)17-23)49-38(54)47-25-11-12-26-24(20-50-15-3-4-16-50)21-51(34(26)19-25)22-27-28(39)7-5-8-29(27)40/h5,7-8,10-13,17,19,21,32-33H,2-4,6,9,14-16,18,20,22H2,1H3,(H,45,52)(H,48,53)(H4,43,44,46)(H2,47,49,54)/t32-,33-/m0/s1. The van der Waals surface area contributed by atoms with Gasteiger partial charge < -0.3 is 37.3 Å². The quantitative estimate of drug-likeness (QED) is 0.0513. The minimum absolute atomic E-state index is 0.102. The number of urea groups is 1. The molecule has 1 aromatic heterocycles. The number of anilines is 1. The number of carbonyl (C=O) groups is 3. The monoisotopic (exact) mass is 783 g/mol. The fraction of sp³-hybridized carbons (Fsp3) is 0.368. The van der Waals surface area contributed by atoms with Crippen LogP contribution < -0.4 is 32.7 Å². The van der Waals surface area contributed by atoms with Gasteiger partial charge in [-0.2, -0.15) is 0 Å². The summed E-state index contributed by atoms with van der Waals surface area (Å²) in [4.78, 5) is 46.5. The summed E-state index contributed by atoms with van der Waals surface area (Å²) in [5.74, 6) is -3.40. The van der Waals surface area contributed by atoms with Crippen LogP contribution in [0.15, 0.2) is 65.8 Å². The average Bonchev–Trinajstić information content (AvgIpc) is 3.76. The molecule has 2 atom stereocenters. The minimum Gasteiger partial charge on any atom is -0.370 e. The number of nitrogens with one attached hydrogen (secondary N) is 4. The lowest BCUT2D eigenvalue weighted by molar-refractivity contribution is -0.130. The number of carbonyl (C=O) groups excluding carboxylic acids is 3. The molecule has 3 aromatic carbocycles. The molecular weight excluding hydrogens is 739 g/mol. The van der Waals surface area contributed by atoms with Gasteiger partial charge in [-0.15, -0.1) is 0 Å². The molecule has 2 heterocycles. The van der Waals surface area contributed by atoms with Gasteiger partial charge in [-0.05, 0) is 93.2 Å². The zero-order valence-electron chi connectivity index (χ0n) is 29.9. The van der Waals surface area contributed by atoms with Crippen LogP contribution in [-0.2, 0) is 29.1 Å². The number of hydrogen-bond donors (Lipinski definition) is 6. The molecule has 0 spiro atoms.